The van der Waals surface area contributed by atoms with Crippen LogP contribution >= 0.6 is 11.8 Å². The van der Waals surface area contributed by atoms with Crippen molar-refractivity contribution in [2.24, 2.45) is 5.92 Å². The van der Waals surface area contributed by atoms with Gasteiger partial charge >= 0.3 is 5.97 Å². The summed E-state index contributed by atoms with van der Waals surface area (Å²) in [6, 6.07) is 7.99. The summed E-state index contributed by atoms with van der Waals surface area (Å²) < 4.78 is 0. The van der Waals surface area contributed by atoms with Crippen LogP contribution in [-0.4, -0.2) is 28.9 Å². The third-order valence-corrected chi connectivity index (χ3v) is 4.63. The topological polar surface area (TPSA) is 49.3 Å². The molecule has 19 heavy (non-hydrogen) atoms. The molecule has 1 heterocycles. The van der Waals surface area contributed by atoms with Crippen LogP contribution in [0.5, 0.6) is 0 Å². The first-order valence-electron chi connectivity index (χ1n) is 6.77. The summed E-state index contributed by atoms with van der Waals surface area (Å²) in [4.78, 5) is 12.5. The number of thioether (sulfide) groups is 1. The molecule has 104 valence electrons. The van der Waals surface area contributed by atoms with Gasteiger partial charge in [-0.3, -0.25) is 4.79 Å². The van der Waals surface area contributed by atoms with Gasteiger partial charge in [0.1, 0.15) is 6.04 Å². The second-order valence-corrected chi connectivity index (χ2v) is 6.82. The molecule has 1 aliphatic rings. The zero-order valence-corrected chi connectivity index (χ0v) is 12.2. The Balaban J connectivity index is 1.85. The summed E-state index contributed by atoms with van der Waals surface area (Å²) in [6.07, 6.45) is 1.71. The third kappa shape index (κ3) is 3.98. The van der Waals surface area contributed by atoms with Gasteiger partial charge in [-0.2, -0.15) is 0 Å². The van der Waals surface area contributed by atoms with E-state index in [1.807, 2.05) is 11.8 Å². The van der Waals surface area contributed by atoms with Crippen LogP contribution in [0.4, 0.5) is 0 Å². The van der Waals surface area contributed by atoms with Gasteiger partial charge in [-0.25, -0.2) is 0 Å². The minimum atomic E-state index is -0.741. The van der Waals surface area contributed by atoms with Gasteiger partial charge in [0.15, 0.2) is 0 Å². The Kier molecular flexibility index (Phi) is 4.88. The van der Waals surface area contributed by atoms with Gasteiger partial charge in [0.25, 0.3) is 0 Å². The molecule has 1 aliphatic heterocycles. The average Bonchev–Trinajstić information content (AvgIpc) is 2.76. The van der Waals surface area contributed by atoms with E-state index in [2.05, 4.69) is 43.4 Å². The summed E-state index contributed by atoms with van der Waals surface area (Å²) in [7, 11) is 0. The van der Waals surface area contributed by atoms with E-state index >= 15 is 0 Å². The molecule has 0 saturated heterocycles. The van der Waals surface area contributed by atoms with E-state index in [-0.39, 0.29) is 0 Å². The second kappa shape index (κ2) is 6.44. The monoisotopic (exact) mass is 279 g/mol. The lowest BCUT2D eigenvalue weighted by Crippen LogP contribution is -2.41. The zero-order chi connectivity index (χ0) is 13.8. The maximum absolute atomic E-state index is 11.2. The molecule has 2 atom stereocenters. The number of carboxylic acid groups (broad SMARTS) is 1. The first kappa shape index (κ1) is 14.4. The molecule has 1 aromatic carbocycles. The Bertz CT molecular complexity index is 423. The van der Waals surface area contributed by atoms with Crippen molar-refractivity contribution in [1.82, 2.24) is 5.32 Å². The first-order chi connectivity index (χ1) is 9.06. The van der Waals surface area contributed by atoms with Crippen LogP contribution in [0.1, 0.15) is 25.8 Å². The summed E-state index contributed by atoms with van der Waals surface area (Å²) in [5, 5.41) is 12.9. The van der Waals surface area contributed by atoms with Crippen LogP contribution in [0.2, 0.25) is 0 Å². The Labute approximate surface area is 118 Å². The van der Waals surface area contributed by atoms with Crippen molar-refractivity contribution in [3.8, 4) is 0 Å². The fourth-order valence-corrected chi connectivity index (χ4v) is 3.65. The molecule has 3 nitrogen and oxygen atoms in total. The van der Waals surface area contributed by atoms with E-state index in [0.29, 0.717) is 17.6 Å². The van der Waals surface area contributed by atoms with Crippen LogP contribution in [0, 0.1) is 5.92 Å². The number of hydrogen-bond donors (Lipinski definition) is 2. The molecule has 0 aromatic heterocycles. The van der Waals surface area contributed by atoms with Gasteiger partial charge < -0.3 is 10.4 Å². The van der Waals surface area contributed by atoms with Crippen molar-refractivity contribution in [2.75, 3.05) is 6.54 Å². The number of fused-ring (bicyclic) bond motifs is 1. The molecule has 2 unspecified atom stereocenters. The molecular weight excluding hydrogens is 258 g/mol. The molecule has 0 aliphatic carbocycles. The van der Waals surface area contributed by atoms with E-state index in [4.69, 9.17) is 0 Å². The molecular formula is C15H21NO2S. The van der Waals surface area contributed by atoms with E-state index in [1.54, 1.807) is 0 Å². The van der Waals surface area contributed by atoms with E-state index in [0.717, 1.165) is 13.0 Å². The summed E-state index contributed by atoms with van der Waals surface area (Å²) >= 11 is 1.85. The van der Waals surface area contributed by atoms with Crippen molar-refractivity contribution < 1.29 is 9.90 Å². The number of carbonyl (C=O) groups is 1. The zero-order valence-electron chi connectivity index (χ0n) is 11.4. The SMILES string of the molecule is CC(C)CC(NCC1Cc2ccccc2S1)C(=O)O. The van der Waals surface area contributed by atoms with Crippen LogP contribution in [0.25, 0.3) is 0 Å². The molecule has 1 aromatic rings. The molecule has 2 rings (SSSR count). The summed E-state index contributed by atoms with van der Waals surface area (Å²) in [5.74, 6) is -0.351. The van der Waals surface area contributed by atoms with Gasteiger partial charge in [-0.1, -0.05) is 32.0 Å². The number of rotatable bonds is 6. The normalized spacial score (nSPS) is 19.4. The molecule has 0 bridgehead atoms. The van der Waals surface area contributed by atoms with Crippen molar-refractivity contribution in [1.29, 1.82) is 0 Å². The van der Waals surface area contributed by atoms with Crippen LogP contribution in [-0.2, 0) is 11.2 Å². The molecule has 2 N–H and O–H groups in total. The number of aliphatic carboxylic acids is 1. The molecule has 0 spiro atoms. The predicted molar refractivity (Wildman–Crippen MR) is 78.7 cm³/mol. The lowest BCUT2D eigenvalue weighted by atomic mass is 10.0. The van der Waals surface area contributed by atoms with Gasteiger partial charge in [0.05, 0.1) is 0 Å². The molecule has 4 heteroatoms. The summed E-state index contributed by atoms with van der Waals surface area (Å²) in [5.41, 5.74) is 1.38. The van der Waals surface area contributed by atoms with Gasteiger partial charge in [0, 0.05) is 16.7 Å². The highest BCUT2D eigenvalue weighted by molar-refractivity contribution is 8.00. The highest BCUT2D eigenvalue weighted by Crippen LogP contribution is 2.36. The Morgan fingerprint density at radius 1 is 1.47 bits per heavy atom. The van der Waals surface area contributed by atoms with E-state index < -0.39 is 12.0 Å². The number of benzene rings is 1. The van der Waals surface area contributed by atoms with Crippen molar-refractivity contribution in [3.63, 3.8) is 0 Å². The van der Waals surface area contributed by atoms with Gasteiger partial charge in [-0.15, -0.1) is 11.8 Å². The van der Waals surface area contributed by atoms with Crippen molar-refractivity contribution in [2.45, 2.75) is 42.9 Å². The number of hydrogen-bond acceptors (Lipinski definition) is 3. The average molecular weight is 279 g/mol. The van der Waals surface area contributed by atoms with E-state index in [1.165, 1.54) is 10.5 Å². The Morgan fingerprint density at radius 3 is 2.84 bits per heavy atom. The fourth-order valence-electron chi connectivity index (χ4n) is 2.38. The minimum absolute atomic E-state index is 0.391. The Morgan fingerprint density at radius 2 is 2.21 bits per heavy atom. The number of carboxylic acids is 1. The molecule has 0 amide bonds. The van der Waals surface area contributed by atoms with Crippen molar-refractivity contribution >= 4 is 17.7 Å². The van der Waals surface area contributed by atoms with E-state index in [9.17, 15) is 9.90 Å². The maximum atomic E-state index is 11.2. The highest BCUT2D eigenvalue weighted by atomic mass is 32.2. The lowest BCUT2D eigenvalue weighted by Gasteiger charge is -2.18. The lowest BCUT2D eigenvalue weighted by molar-refractivity contribution is -0.139. The second-order valence-electron chi connectivity index (χ2n) is 5.48. The van der Waals surface area contributed by atoms with Crippen LogP contribution in [0.15, 0.2) is 29.2 Å². The molecule has 0 fully saturated rings. The minimum Gasteiger partial charge on any atom is -0.480 e. The highest BCUT2D eigenvalue weighted by Gasteiger charge is 2.24. The fraction of sp³-hybridized carbons (Fsp3) is 0.533. The smallest absolute Gasteiger partial charge is 0.320 e. The predicted octanol–water partition coefficient (Wildman–Crippen LogP) is 2.79. The van der Waals surface area contributed by atoms with Gasteiger partial charge in [0.2, 0.25) is 0 Å². The largest absolute Gasteiger partial charge is 0.480 e. The van der Waals surface area contributed by atoms with Crippen molar-refractivity contribution in [3.05, 3.63) is 29.8 Å². The maximum Gasteiger partial charge on any atom is 0.320 e. The summed E-state index contributed by atoms with van der Waals surface area (Å²) in [6.45, 7) is 4.86. The molecule has 0 radical (unpaired) electrons. The van der Waals surface area contributed by atoms with Gasteiger partial charge in [-0.05, 0) is 30.4 Å². The quantitative estimate of drug-likeness (QED) is 0.840. The standard InChI is InChI=1S/C15H21NO2S/c1-10(2)7-13(15(17)18)16-9-12-8-11-5-3-4-6-14(11)19-12/h3-6,10,12-13,16H,7-9H2,1-2H3,(H,17,18). The molecule has 0 saturated carbocycles. The third-order valence-electron chi connectivity index (χ3n) is 3.31. The van der Waals surface area contributed by atoms with Crippen LogP contribution < -0.4 is 5.32 Å². The Hall–Kier alpha value is -1.00. The van der Waals surface area contributed by atoms with Crippen LogP contribution in [0.3, 0.4) is 0 Å². The number of nitrogens with one attached hydrogen (secondary N) is 1. The first-order valence-corrected chi connectivity index (χ1v) is 7.65.